The number of nitrogens with zero attached hydrogens (tertiary/aromatic N) is 1. The molecule has 23 heavy (non-hydrogen) atoms. The van der Waals surface area contributed by atoms with Gasteiger partial charge in [0.15, 0.2) is 0 Å². The summed E-state index contributed by atoms with van der Waals surface area (Å²) < 4.78 is 0. The summed E-state index contributed by atoms with van der Waals surface area (Å²) >= 11 is 1.75. The van der Waals surface area contributed by atoms with Crippen molar-refractivity contribution in [2.75, 3.05) is 26.2 Å². The molecule has 2 heterocycles. The SMILES string of the molecule is CC(=O)NCCC(=O)NCC(c1cccs1)N1CCC(C)CC1. The van der Waals surface area contributed by atoms with E-state index in [2.05, 4.69) is 40.0 Å². The van der Waals surface area contributed by atoms with Gasteiger partial charge in [-0.25, -0.2) is 0 Å². The summed E-state index contributed by atoms with van der Waals surface area (Å²) in [6.45, 7) is 6.97. The number of carbonyl (C=O) groups excluding carboxylic acids is 2. The highest BCUT2D eigenvalue weighted by Gasteiger charge is 2.25. The van der Waals surface area contributed by atoms with Gasteiger partial charge in [-0.15, -0.1) is 11.3 Å². The molecule has 0 aliphatic carbocycles. The summed E-state index contributed by atoms with van der Waals surface area (Å²) in [6.07, 6.45) is 2.77. The minimum Gasteiger partial charge on any atom is -0.356 e. The smallest absolute Gasteiger partial charge is 0.221 e. The van der Waals surface area contributed by atoms with Gasteiger partial charge in [-0.3, -0.25) is 14.5 Å². The molecule has 5 nitrogen and oxygen atoms in total. The van der Waals surface area contributed by atoms with Crippen molar-refractivity contribution in [3.8, 4) is 0 Å². The van der Waals surface area contributed by atoms with Gasteiger partial charge in [0, 0.05) is 31.3 Å². The number of hydrogen-bond acceptors (Lipinski definition) is 4. The molecule has 1 saturated heterocycles. The van der Waals surface area contributed by atoms with E-state index in [4.69, 9.17) is 0 Å². The van der Waals surface area contributed by atoms with Crippen LogP contribution in [0.25, 0.3) is 0 Å². The second kappa shape index (κ2) is 9.03. The van der Waals surface area contributed by atoms with E-state index in [1.54, 1.807) is 11.3 Å². The number of piperidine rings is 1. The molecule has 2 amide bonds. The van der Waals surface area contributed by atoms with Crippen molar-refractivity contribution in [1.82, 2.24) is 15.5 Å². The lowest BCUT2D eigenvalue weighted by atomic mass is 9.97. The van der Waals surface area contributed by atoms with Crippen molar-refractivity contribution in [2.45, 2.75) is 39.2 Å². The van der Waals surface area contributed by atoms with E-state index in [9.17, 15) is 9.59 Å². The Kier molecular flexibility index (Phi) is 7.05. The van der Waals surface area contributed by atoms with Crippen LogP contribution < -0.4 is 10.6 Å². The molecule has 0 bridgehead atoms. The zero-order valence-corrected chi connectivity index (χ0v) is 14.8. The van der Waals surface area contributed by atoms with E-state index in [1.807, 2.05) is 0 Å². The highest BCUT2D eigenvalue weighted by Crippen LogP contribution is 2.28. The Morgan fingerprint density at radius 1 is 1.35 bits per heavy atom. The van der Waals surface area contributed by atoms with Gasteiger partial charge in [0.25, 0.3) is 0 Å². The molecule has 1 fully saturated rings. The van der Waals surface area contributed by atoms with Crippen LogP contribution in [0, 0.1) is 5.92 Å². The van der Waals surface area contributed by atoms with E-state index >= 15 is 0 Å². The van der Waals surface area contributed by atoms with E-state index in [0.29, 0.717) is 19.5 Å². The van der Waals surface area contributed by atoms with Crippen molar-refractivity contribution < 1.29 is 9.59 Å². The molecule has 2 N–H and O–H groups in total. The van der Waals surface area contributed by atoms with Crippen LogP contribution in [0.4, 0.5) is 0 Å². The molecule has 1 aliphatic rings. The second-order valence-corrected chi connectivity index (χ2v) is 7.27. The van der Waals surface area contributed by atoms with Crippen LogP contribution in [0.15, 0.2) is 17.5 Å². The van der Waals surface area contributed by atoms with Gasteiger partial charge >= 0.3 is 0 Å². The van der Waals surface area contributed by atoms with Crippen LogP contribution >= 0.6 is 11.3 Å². The molecule has 1 aromatic rings. The minimum absolute atomic E-state index is 0.00863. The maximum atomic E-state index is 12.0. The molecule has 6 heteroatoms. The maximum Gasteiger partial charge on any atom is 0.221 e. The van der Waals surface area contributed by atoms with Crippen LogP contribution in [0.3, 0.4) is 0 Å². The zero-order chi connectivity index (χ0) is 16.7. The molecule has 1 aliphatic heterocycles. The highest BCUT2D eigenvalue weighted by molar-refractivity contribution is 7.10. The maximum absolute atomic E-state index is 12.0. The molecule has 1 aromatic heterocycles. The van der Waals surface area contributed by atoms with Crippen LogP contribution in [0.5, 0.6) is 0 Å². The Bertz CT molecular complexity index is 496. The summed E-state index contributed by atoms with van der Waals surface area (Å²) in [6, 6.07) is 4.47. The molecule has 1 unspecified atom stereocenters. The Labute approximate surface area is 142 Å². The van der Waals surface area contributed by atoms with Crippen LogP contribution in [0.1, 0.15) is 44.0 Å². The fourth-order valence-corrected chi connectivity index (χ4v) is 3.74. The lowest BCUT2D eigenvalue weighted by Crippen LogP contribution is -2.42. The van der Waals surface area contributed by atoms with Gasteiger partial charge in [-0.2, -0.15) is 0 Å². The van der Waals surface area contributed by atoms with E-state index in [-0.39, 0.29) is 17.9 Å². The Balaban J connectivity index is 1.86. The van der Waals surface area contributed by atoms with Crippen molar-refractivity contribution in [2.24, 2.45) is 5.92 Å². The van der Waals surface area contributed by atoms with Gasteiger partial charge in [-0.1, -0.05) is 13.0 Å². The summed E-state index contributed by atoms with van der Waals surface area (Å²) in [7, 11) is 0. The largest absolute Gasteiger partial charge is 0.356 e. The lowest BCUT2D eigenvalue weighted by Gasteiger charge is -2.36. The first-order valence-electron chi connectivity index (χ1n) is 8.35. The van der Waals surface area contributed by atoms with Gasteiger partial charge in [0.1, 0.15) is 0 Å². The summed E-state index contributed by atoms with van der Waals surface area (Å²) in [5.41, 5.74) is 0. The molecule has 0 aromatic carbocycles. The monoisotopic (exact) mass is 337 g/mol. The fraction of sp³-hybridized carbons (Fsp3) is 0.647. The third-order valence-electron chi connectivity index (χ3n) is 4.35. The third kappa shape index (κ3) is 5.95. The third-order valence-corrected chi connectivity index (χ3v) is 5.32. The van der Waals surface area contributed by atoms with Crippen molar-refractivity contribution in [3.05, 3.63) is 22.4 Å². The van der Waals surface area contributed by atoms with E-state index < -0.39 is 0 Å². The first kappa shape index (κ1) is 17.9. The topological polar surface area (TPSA) is 61.4 Å². The number of amides is 2. The molecule has 0 radical (unpaired) electrons. The van der Waals surface area contributed by atoms with Gasteiger partial charge < -0.3 is 10.6 Å². The van der Waals surface area contributed by atoms with Crippen molar-refractivity contribution in [1.29, 1.82) is 0 Å². The first-order chi connectivity index (χ1) is 11.1. The standard InChI is InChI=1S/C17H27N3O2S/c1-13-6-9-20(10-7-13)15(16-4-3-11-23-16)12-19-17(22)5-8-18-14(2)21/h3-4,11,13,15H,5-10,12H2,1-2H3,(H,18,21)(H,19,22). The van der Waals surface area contributed by atoms with Crippen molar-refractivity contribution >= 4 is 23.2 Å². The predicted molar refractivity (Wildman–Crippen MR) is 93.3 cm³/mol. The Morgan fingerprint density at radius 3 is 2.70 bits per heavy atom. The highest BCUT2D eigenvalue weighted by atomic mass is 32.1. The minimum atomic E-state index is -0.100. The number of carbonyl (C=O) groups is 2. The number of hydrogen-bond donors (Lipinski definition) is 2. The van der Waals surface area contributed by atoms with E-state index in [1.165, 1.54) is 24.6 Å². The zero-order valence-electron chi connectivity index (χ0n) is 14.0. The van der Waals surface area contributed by atoms with Crippen LogP contribution in [0.2, 0.25) is 0 Å². The summed E-state index contributed by atoms with van der Waals surface area (Å²) in [4.78, 5) is 26.6. The van der Waals surface area contributed by atoms with Gasteiger partial charge in [-0.05, 0) is 43.3 Å². The second-order valence-electron chi connectivity index (χ2n) is 6.29. The summed E-state index contributed by atoms with van der Waals surface area (Å²) in [5, 5.41) is 7.77. The molecule has 0 spiro atoms. The molecule has 1 atom stereocenters. The Morgan fingerprint density at radius 2 is 2.09 bits per heavy atom. The van der Waals surface area contributed by atoms with Gasteiger partial charge in [0.05, 0.1) is 6.04 Å². The number of thiophene rings is 1. The average Bonchev–Trinajstić information content (AvgIpc) is 3.03. The molecule has 0 saturated carbocycles. The number of likely N-dealkylation sites (tertiary alicyclic amines) is 1. The fourth-order valence-electron chi connectivity index (χ4n) is 2.88. The predicted octanol–water partition coefficient (Wildman–Crippen LogP) is 2.16. The normalized spacial score (nSPS) is 17.7. The summed E-state index contributed by atoms with van der Waals surface area (Å²) in [5.74, 6) is 0.685. The molecular weight excluding hydrogens is 310 g/mol. The molecular formula is C17H27N3O2S. The Hall–Kier alpha value is -1.40. The number of rotatable bonds is 7. The van der Waals surface area contributed by atoms with Crippen molar-refractivity contribution in [3.63, 3.8) is 0 Å². The van der Waals surface area contributed by atoms with E-state index in [0.717, 1.165) is 19.0 Å². The first-order valence-corrected chi connectivity index (χ1v) is 9.23. The van der Waals surface area contributed by atoms with Crippen LogP contribution in [-0.2, 0) is 9.59 Å². The molecule has 2 rings (SSSR count). The van der Waals surface area contributed by atoms with Crippen LogP contribution in [-0.4, -0.2) is 42.9 Å². The quantitative estimate of drug-likeness (QED) is 0.801. The molecule has 128 valence electrons. The van der Waals surface area contributed by atoms with Gasteiger partial charge in [0.2, 0.25) is 11.8 Å². The average molecular weight is 337 g/mol. The lowest BCUT2D eigenvalue weighted by molar-refractivity contribution is -0.121. The number of nitrogens with one attached hydrogen (secondary N) is 2.